The third-order valence-corrected chi connectivity index (χ3v) is 10.1. The third kappa shape index (κ3) is 12.2. The Kier molecular flexibility index (Phi) is 15.1. The molecule has 262 valence electrons. The summed E-state index contributed by atoms with van der Waals surface area (Å²) in [7, 11) is -1.40. The van der Waals surface area contributed by atoms with E-state index < -0.39 is 26.5 Å². The quantitative estimate of drug-likeness (QED) is 0.0585. The Morgan fingerprint density at radius 3 is 2.29 bits per heavy atom. The van der Waals surface area contributed by atoms with Gasteiger partial charge in [-0.2, -0.15) is 0 Å². The van der Waals surface area contributed by atoms with E-state index in [1.165, 1.54) is 11.8 Å². The number of aromatic nitrogens is 2. The summed E-state index contributed by atoms with van der Waals surface area (Å²) in [4.78, 5) is 29.4. The van der Waals surface area contributed by atoms with Crippen molar-refractivity contribution in [2.75, 3.05) is 19.3 Å². The van der Waals surface area contributed by atoms with Crippen LogP contribution < -0.4 is 15.6 Å². The minimum atomic E-state index is -1.40. The van der Waals surface area contributed by atoms with Crippen LogP contribution in [0.3, 0.4) is 0 Å². The first-order valence-electron chi connectivity index (χ1n) is 15.8. The number of nitrogens with one attached hydrogen (secondary N) is 1. The number of nitrogens with zero attached hydrogens (tertiary/aromatic N) is 2. The van der Waals surface area contributed by atoms with E-state index >= 15 is 0 Å². The molecule has 0 aliphatic carbocycles. The summed E-state index contributed by atoms with van der Waals surface area (Å²) in [5, 5.41) is 5.42. The number of nitrogens with two attached hydrogens (primary N) is 1. The highest BCUT2D eigenvalue weighted by Gasteiger charge is 2.24. The summed E-state index contributed by atoms with van der Waals surface area (Å²) in [5.41, 5.74) is 8.28. The number of benzene rings is 3. The Hall–Kier alpha value is -3.31. The fourth-order valence-corrected chi connectivity index (χ4v) is 7.93. The molecule has 0 fully saturated rings. The van der Waals surface area contributed by atoms with Crippen molar-refractivity contribution in [1.29, 1.82) is 0 Å². The maximum absolute atomic E-state index is 12.2. The molecule has 1 amide bonds. The number of hydrogen-bond acceptors (Lipinski definition) is 9. The van der Waals surface area contributed by atoms with Gasteiger partial charge in [0.2, 0.25) is 8.38 Å². The molecule has 0 spiro atoms. The fraction of sp³-hybridized carbons (Fsp3) is 0.343. The Bertz CT molecular complexity index is 1660. The second-order valence-corrected chi connectivity index (χ2v) is 14.7. The zero-order chi connectivity index (χ0) is 35.3. The van der Waals surface area contributed by atoms with Crippen LogP contribution >= 0.6 is 43.3 Å². The van der Waals surface area contributed by atoms with E-state index in [2.05, 4.69) is 43.4 Å². The van der Waals surface area contributed by atoms with Crippen LogP contribution in [0.15, 0.2) is 82.7 Å². The van der Waals surface area contributed by atoms with Crippen molar-refractivity contribution in [2.45, 2.75) is 69.3 Å². The van der Waals surface area contributed by atoms with Crippen LogP contribution in [-0.2, 0) is 38.5 Å². The van der Waals surface area contributed by atoms with Gasteiger partial charge in [-0.15, -0.1) is 0 Å². The number of amides is 1. The Labute approximate surface area is 302 Å². The molecule has 0 aliphatic heterocycles. The molecule has 1 aromatic heterocycles. The van der Waals surface area contributed by atoms with Crippen LogP contribution in [0, 0.1) is 0 Å². The summed E-state index contributed by atoms with van der Waals surface area (Å²) in [6, 6.07) is 23.1. The van der Waals surface area contributed by atoms with Gasteiger partial charge < -0.3 is 34.1 Å². The van der Waals surface area contributed by atoms with Gasteiger partial charge in [0.05, 0.1) is 12.3 Å². The Morgan fingerprint density at radius 1 is 0.980 bits per heavy atom. The second-order valence-electron chi connectivity index (χ2n) is 11.2. The Balaban J connectivity index is 1.43. The first-order valence-corrected chi connectivity index (χ1v) is 18.7. The molecule has 4 rings (SSSR count). The number of para-hydroxylation sites is 1. The average molecular weight is 748 g/mol. The van der Waals surface area contributed by atoms with Gasteiger partial charge >= 0.3 is 12.1 Å². The van der Waals surface area contributed by atoms with Gasteiger partial charge in [0, 0.05) is 40.7 Å². The SMILES string of the molecule is CCOC(=O)C(C)OP(CCNCc1ccc(Cn2c(COC(N)=O)nc(C(C)C)c2Sc2cc(Cl)cc(Cl)c2)cc1)Oc1ccccc1. The Morgan fingerprint density at radius 2 is 1.65 bits per heavy atom. The summed E-state index contributed by atoms with van der Waals surface area (Å²) >= 11 is 14.1. The molecule has 1 heterocycles. The molecule has 0 radical (unpaired) electrons. The van der Waals surface area contributed by atoms with E-state index in [-0.39, 0.29) is 19.1 Å². The monoisotopic (exact) mass is 746 g/mol. The maximum atomic E-state index is 12.2. The van der Waals surface area contributed by atoms with Crippen LogP contribution in [-0.4, -0.2) is 47.0 Å². The number of hydrogen-bond donors (Lipinski definition) is 2. The van der Waals surface area contributed by atoms with E-state index in [9.17, 15) is 9.59 Å². The molecule has 3 N–H and O–H groups in total. The number of carbonyl (C=O) groups excluding carboxylic acids is 2. The van der Waals surface area contributed by atoms with Gasteiger partial charge in [-0.25, -0.2) is 14.6 Å². The highest BCUT2D eigenvalue weighted by atomic mass is 35.5. The molecule has 0 aliphatic rings. The van der Waals surface area contributed by atoms with Crippen LogP contribution in [0.5, 0.6) is 5.75 Å². The number of primary amides is 1. The molecule has 3 aromatic carbocycles. The molecule has 4 aromatic rings. The number of carbonyl (C=O) groups is 2. The van der Waals surface area contributed by atoms with Crippen molar-refractivity contribution >= 4 is 55.4 Å². The molecular weight excluding hydrogens is 706 g/mol. The normalized spacial score (nSPS) is 12.5. The highest BCUT2D eigenvalue weighted by molar-refractivity contribution is 7.99. The van der Waals surface area contributed by atoms with Gasteiger partial charge in [-0.05, 0) is 61.2 Å². The van der Waals surface area contributed by atoms with Crippen molar-refractivity contribution in [3.63, 3.8) is 0 Å². The molecule has 14 heteroatoms. The smallest absolute Gasteiger partial charge is 0.404 e. The lowest BCUT2D eigenvalue weighted by Crippen LogP contribution is -2.24. The number of rotatable bonds is 18. The predicted octanol–water partition coefficient (Wildman–Crippen LogP) is 8.56. The summed E-state index contributed by atoms with van der Waals surface area (Å²) in [5.74, 6) is 0.943. The molecule has 2 unspecified atom stereocenters. The largest absolute Gasteiger partial charge is 0.464 e. The number of halogens is 2. The minimum absolute atomic E-state index is 0.0628. The second kappa shape index (κ2) is 19.2. The summed E-state index contributed by atoms with van der Waals surface area (Å²) in [6.45, 7) is 9.50. The number of imidazole rings is 1. The van der Waals surface area contributed by atoms with Crippen molar-refractivity contribution < 1.29 is 28.1 Å². The lowest BCUT2D eigenvalue weighted by molar-refractivity contribution is -0.150. The minimum Gasteiger partial charge on any atom is -0.464 e. The molecule has 2 atom stereocenters. The first-order chi connectivity index (χ1) is 23.5. The van der Waals surface area contributed by atoms with Crippen LogP contribution in [0.25, 0.3) is 0 Å². The zero-order valence-corrected chi connectivity index (χ0v) is 31.1. The number of ether oxygens (including phenoxy) is 2. The predicted molar refractivity (Wildman–Crippen MR) is 195 cm³/mol. The van der Waals surface area contributed by atoms with E-state index in [1.54, 1.807) is 19.9 Å². The highest BCUT2D eigenvalue weighted by Crippen LogP contribution is 2.41. The van der Waals surface area contributed by atoms with Crippen molar-refractivity contribution in [2.24, 2.45) is 5.73 Å². The molecular formula is C35H41Cl2N4O6PS. The van der Waals surface area contributed by atoms with Gasteiger partial charge in [0.15, 0.2) is 12.7 Å². The molecule has 10 nitrogen and oxygen atoms in total. The average Bonchev–Trinajstić information content (AvgIpc) is 3.39. The van der Waals surface area contributed by atoms with Gasteiger partial charge in [0.25, 0.3) is 0 Å². The van der Waals surface area contributed by atoms with Crippen molar-refractivity contribution in [3.05, 3.63) is 105 Å². The third-order valence-electron chi connectivity index (χ3n) is 6.97. The lowest BCUT2D eigenvalue weighted by atomic mass is 10.1. The number of esters is 1. The maximum Gasteiger partial charge on any atom is 0.404 e. The van der Waals surface area contributed by atoms with Gasteiger partial charge in [0.1, 0.15) is 16.6 Å². The van der Waals surface area contributed by atoms with Crippen LogP contribution in [0.4, 0.5) is 4.79 Å². The van der Waals surface area contributed by atoms with Crippen molar-refractivity contribution in [3.8, 4) is 5.75 Å². The van der Waals surface area contributed by atoms with Crippen LogP contribution in [0.1, 0.15) is 56.3 Å². The molecule has 0 bridgehead atoms. The molecule has 0 saturated carbocycles. The standard InChI is InChI=1S/C35H41Cl2N4O6PS/c1-5-44-34(42)24(4)46-48(47-29-9-7-6-8-10-29)16-15-39-20-25-11-13-26(14-12-25)21-41-31(22-45-35(38)43)40-32(23(2)3)33(41)49-30-18-27(36)17-28(37)19-30/h6-14,17-19,23-24,39H,5,15-16,20-22H2,1-4H3,(H2,38,43). The zero-order valence-electron chi connectivity index (χ0n) is 27.9. The van der Waals surface area contributed by atoms with Crippen LogP contribution in [0.2, 0.25) is 10.0 Å². The van der Waals surface area contributed by atoms with Crippen molar-refractivity contribution in [1.82, 2.24) is 14.9 Å². The summed E-state index contributed by atoms with van der Waals surface area (Å²) < 4.78 is 24.4. The molecule has 49 heavy (non-hydrogen) atoms. The van der Waals surface area contributed by atoms with E-state index in [0.717, 1.165) is 26.7 Å². The fourth-order valence-electron chi connectivity index (χ4n) is 4.64. The van der Waals surface area contributed by atoms with E-state index in [1.807, 2.05) is 47.0 Å². The van der Waals surface area contributed by atoms with E-state index in [4.69, 9.17) is 52.4 Å². The van der Waals surface area contributed by atoms with E-state index in [0.29, 0.717) is 47.4 Å². The van der Waals surface area contributed by atoms with Gasteiger partial charge in [-0.3, -0.25) is 0 Å². The first kappa shape index (κ1) is 38.5. The molecule has 0 saturated heterocycles. The topological polar surface area (TPSA) is 127 Å². The van der Waals surface area contributed by atoms with Gasteiger partial charge in [-0.1, -0.05) is 91.3 Å². The summed E-state index contributed by atoms with van der Waals surface area (Å²) in [6.07, 6.45) is -1.04. The lowest BCUT2D eigenvalue weighted by Gasteiger charge is -2.21.